The first kappa shape index (κ1) is 36.5. The number of carbonyl (C=O) groups excluding carboxylic acids is 2. The number of thioether (sulfide) groups is 1. The number of thiophene rings is 1. The van der Waals surface area contributed by atoms with Gasteiger partial charge in [-0.2, -0.15) is 5.26 Å². The Labute approximate surface area is 314 Å². The molecule has 7 rings (SSSR count). The molecule has 274 valence electrons. The molecule has 2 saturated heterocycles. The molecule has 2 unspecified atom stereocenters. The van der Waals surface area contributed by atoms with Crippen molar-refractivity contribution in [3.8, 4) is 17.2 Å². The molecule has 4 aromatic rings. The maximum atomic E-state index is 15.5. The zero-order chi connectivity index (χ0) is 37.3. The number of likely N-dealkylation sites (tertiary alicyclic amines) is 1. The lowest BCUT2D eigenvalue weighted by molar-refractivity contribution is 0.0209. The van der Waals surface area contributed by atoms with Crippen molar-refractivity contribution in [1.82, 2.24) is 14.9 Å². The molecule has 15 heteroatoms. The fourth-order valence-corrected chi connectivity index (χ4v) is 9.33. The molecule has 2 aromatic heterocycles. The number of carbonyl (C=O) groups is 2. The summed E-state index contributed by atoms with van der Waals surface area (Å²) in [5.41, 5.74) is 2.09. The van der Waals surface area contributed by atoms with Crippen LogP contribution in [0.5, 0.6) is 0 Å². The summed E-state index contributed by atoms with van der Waals surface area (Å²) in [6, 6.07) is 5.18. The van der Waals surface area contributed by atoms with E-state index in [4.69, 9.17) is 35.8 Å². The maximum absolute atomic E-state index is 15.5. The molecule has 2 amide bonds. The van der Waals surface area contributed by atoms with Crippen molar-refractivity contribution in [3.63, 3.8) is 0 Å². The number of amides is 2. The third-order valence-corrected chi connectivity index (χ3v) is 11.4. The highest BCUT2D eigenvalue weighted by molar-refractivity contribution is 7.99. The highest BCUT2D eigenvalue weighted by Crippen LogP contribution is 2.51. The van der Waals surface area contributed by atoms with Gasteiger partial charge >= 0.3 is 12.2 Å². The minimum Gasteiger partial charge on any atom is -0.444 e. The Morgan fingerprint density at radius 2 is 1.75 bits per heavy atom. The van der Waals surface area contributed by atoms with E-state index in [2.05, 4.69) is 16.3 Å². The minimum absolute atomic E-state index is 0.0110. The Morgan fingerprint density at radius 3 is 2.38 bits per heavy atom. The number of hydrogen-bond acceptors (Lipinski definition) is 11. The van der Waals surface area contributed by atoms with E-state index in [1.54, 1.807) is 31.7 Å². The predicted octanol–water partition coefficient (Wildman–Crippen LogP) is 9.25. The number of rotatable bonds is 5. The SMILES string of the molecule is CCSc1nc(N2C3CCC2CN(C(=O)OC(C)(C)C)C3)c2c3c(c(-c4ccc(F)c5sc(NC(=O)OC(C)(C)C)c(C#N)c45)c(Cl)c2n1)COC3. The summed E-state index contributed by atoms with van der Waals surface area (Å²) in [5, 5.41) is 15.3. The predicted molar refractivity (Wildman–Crippen MR) is 202 cm³/mol. The number of fused-ring (bicyclic) bond motifs is 6. The molecular formula is C37H40ClFN6O5S2. The second kappa shape index (κ2) is 13.5. The van der Waals surface area contributed by atoms with Gasteiger partial charge in [-0.25, -0.2) is 23.9 Å². The molecule has 3 aliphatic heterocycles. The molecule has 2 aromatic carbocycles. The lowest BCUT2D eigenvalue weighted by Gasteiger charge is -2.42. The highest BCUT2D eigenvalue weighted by atomic mass is 35.5. The van der Waals surface area contributed by atoms with Gasteiger partial charge in [0.05, 0.1) is 39.4 Å². The molecule has 2 bridgehead atoms. The first-order chi connectivity index (χ1) is 24.6. The molecule has 1 N–H and O–H groups in total. The van der Waals surface area contributed by atoms with Gasteiger partial charge in [0, 0.05) is 36.1 Å². The highest BCUT2D eigenvalue weighted by Gasteiger charge is 2.45. The summed E-state index contributed by atoms with van der Waals surface area (Å²) in [5.74, 6) is 0.957. The van der Waals surface area contributed by atoms with E-state index in [1.807, 2.05) is 27.7 Å². The summed E-state index contributed by atoms with van der Waals surface area (Å²) in [6.45, 7) is 14.4. The van der Waals surface area contributed by atoms with Crippen molar-refractivity contribution in [2.24, 2.45) is 0 Å². The topological polar surface area (TPSA) is 130 Å². The van der Waals surface area contributed by atoms with Gasteiger partial charge < -0.3 is 24.0 Å². The summed E-state index contributed by atoms with van der Waals surface area (Å²) in [6.07, 6.45) is 0.708. The molecule has 5 heterocycles. The van der Waals surface area contributed by atoms with E-state index in [0.717, 1.165) is 52.3 Å². The van der Waals surface area contributed by atoms with Crippen LogP contribution in [0.15, 0.2) is 17.3 Å². The van der Waals surface area contributed by atoms with Gasteiger partial charge in [-0.05, 0) is 82.9 Å². The number of ether oxygens (including phenoxy) is 3. The van der Waals surface area contributed by atoms with Crippen LogP contribution in [-0.2, 0) is 27.4 Å². The molecular weight excluding hydrogens is 727 g/mol. The van der Waals surface area contributed by atoms with E-state index >= 15 is 4.39 Å². The van der Waals surface area contributed by atoms with Crippen LogP contribution in [0, 0.1) is 17.1 Å². The first-order valence-electron chi connectivity index (χ1n) is 17.3. The number of hydrogen-bond donors (Lipinski definition) is 1. The summed E-state index contributed by atoms with van der Waals surface area (Å²) < 4.78 is 33.0. The van der Waals surface area contributed by atoms with Crippen LogP contribution in [0.1, 0.15) is 78.0 Å². The van der Waals surface area contributed by atoms with Gasteiger partial charge in [0.25, 0.3) is 0 Å². The molecule has 3 aliphatic rings. The molecule has 52 heavy (non-hydrogen) atoms. The minimum atomic E-state index is -0.774. The van der Waals surface area contributed by atoms with Crippen molar-refractivity contribution in [2.45, 2.75) is 103 Å². The average Bonchev–Trinajstić information content (AvgIpc) is 3.74. The lowest BCUT2D eigenvalue weighted by atomic mass is 9.90. The second-order valence-electron chi connectivity index (χ2n) is 15.1. The fraction of sp³-hybridized carbons (Fsp3) is 0.486. The van der Waals surface area contributed by atoms with E-state index < -0.39 is 23.1 Å². The van der Waals surface area contributed by atoms with E-state index in [0.29, 0.717) is 45.3 Å². The Bertz CT molecular complexity index is 2160. The summed E-state index contributed by atoms with van der Waals surface area (Å²) >= 11 is 9.92. The largest absolute Gasteiger partial charge is 0.444 e. The summed E-state index contributed by atoms with van der Waals surface area (Å²) in [4.78, 5) is 40.1. The van der Waals surface area contributed by atoms with Crippen LogP contribution in [0.3, 0.4) is 0 Å². The number of nitrogens with one attached hydrogen (secondary N) is 1. The number of halogens is 2. The first-order valence-corrected chi connectivity index (χ1v) is 19.4. The zero-order valence-electron chi connectivity index (χ0n) is 30.1. The van der Waals surface area contributed by atoms with E-state index in [9.17, 15) is 14.9 Å². The Hall–Kier alpha value is -3.90. The molecule has 2 fully saturated rings. The average molecular weight is 767 g/mol. The zero-order valence-corrected chi connectivity index (χ0v) is 32.5. The number of nitrogens with zero attached hydrogens (tertiary/aromatic N) is 5. The third kappa shape index (κ3) is 6.61. The van der Waals surface area contributed by atoms with E-state index in [-0.39, 0.29) is 46.7 Å². The van der Waals surface area contributed by atoms with Gasteiger partial charge in [-0.15, -0.1) is 11.3 Å². The quantitative estimate of drug-likeness (QED) is 0.155. The lowest BCUT2D eigenvalue weighted by Crippen LogP contribution is -2.56. The van der Waals surface area contributed by atoms with Crippen molar-refractivity contribution in [2.75, 3.05) is 29.1 Å². The van der Waals surface area contributed by atoms with E-state index in [1.165, 1.54) is 17.8 Å². The standard InChI is InChI=1S/C37H40ClFN6O5S2/c1-8-51-33-41-29-27(31(42-33)45-18-9-10-19(45)15-44(14-18)35(47)50-37(5,6)7)23-17-48-16-22(23)25(28(29)38)20-11-12-24(39)30-26(20)21(13-40)32(52-30)43-34(46)49-36(2,3)4/h11-12,18-19H,8-10,14-17H2,1-7H3,(H,43,46). The molecule has 0 spiro atoms. The number of piperazine rings is 1. The van der Waals surface area contributed by atoms with Crippen LogP contribution >= 0.6 is 34.7 Å². The maximum Gasteiger partial charge on any atom is 0.412 e. The normalized spacial score (nSPS) is 18.5. The van der Waals surface area contributed by atoms with Crippen LogP contribution in [-0.4, -0.2) is 69.2 Å². The number of aromatic nitrogens is 2. The number of benzene rings is 2. The van der Waals surface area contributed by atoms with Gasteiger partial charge in [-0.3, -0.25) is 5.32 Å². The molecule has 11 nitrogen and oxygen atoms in total. The van der Waals surface area contributed by atoms with Crippen molar-refractivity contribution in [3.05, 3.63) is 39.7 Å². The van der Waals surface area contributed by atoms with Gasteiger partial charge in [0.15, 0.2) is 5.16 Å². The Kier molecular flexibility index (Phi) is 9.47. The second-order valence-corrected chi connectivity index (χ2v) is 17.8. The van der Waals surface area contributed by atoms with Crippen LogP contribution < -0.4 is 10.2 Å². The summed E-state index contributed by atoms with van der Waals surface area (Å²) in [7, 11) is 0. The van der Waals surface area contributed by atoms with Crippen LogP contribution in [0.25, 0.3) is 32.1 Å². The number of anilines is 2. The van der Waals surface area contributed by atoms with Gasteiger partial charge in [0.1, 0.15) is 33.9 Å². The van der Waals surface area contributed by atoms with Crippen molar-refractivity contribution in [1.29, 1.82) is 5.26 Å². The van der Waals surface area contributed by atoms with Crippen molar-refractivity contribution >= 4 is 78.7 Å². The van der Waals surface area contributed by atoms with Gasteiger partial charge in [0.2, 0.25) is 0 Å². The van der Waals surface area contributed by atoms with Crippen LogP contribution in [0.2, 0.25) is 5.02 Å². The molecule has 0 aliphatic carbocycles. The smallest absolute Gasteiger partial charge is 0.412 e. The monoisotopic (exact) mass is 766 g/mol. The Balaban J connectivity index is 1.39. The molecule has 0 saturated carbocycles. The number of nitriles is 1. The van der Waals surface area contributed by atoms with Gasteiger partial charge in [-0.1, -0.05) is 36.4 Å². The van der Waals surface area contributed by atoms with Crippen LogP contribution in [0.4, 0.5) is 24.8 Å². The molecule has 0 radical (unpaired) electrons. The third-order valence-electron chi connectivity index (χ3n) is 9.20. The van der Waals surface area contributed by atoms with Crippen molar-refractivity contribution < 1.29 is 28.2 Å². The fourth-order valence-electron chi connectivity index (χ4n) is 7.35. The Morgan fingerprint density at radius 1 is 1.08 bits per heavy atom. The molecule has 2 atom stereocenters.